The summed E-state index contributed by atoms with van der Waals surface area (Å²) in [5.74, 6) is -0.999. The third kappa shape index (κ3) is 2.64. The zero-order valence-corrected chi connectivity index (χ0v) is 14.6. The van der Waals surface area contributed by atoms with E-state index in [9.17, 15) is 13.6 Å². The van der Waals surface area contributed by atoms with Crippen LogP contribution in [0.2, 0.25) is 0 Å². The number of hydrogen-bond acceptors (Lipinski definition) is 2. The van der Waals surface area contributed by atoms with Gasteiger partial charge >= 0.3 is 0 Å². The molecule has 2 aliphatic carbocycles. The highest BCUT2D eigenvalue weighted by Crippen LogP contribution is 2.54. The number of carbonyl (C=O) groups excluding carboxylic acids is 1. The fourth-order valence-corrected chi connectivity index (χ4v) is 4.09. The fraction of sp³-hybridized carbons (Fsp3) is 0.474. The number of amides is 1. The standard InChI is InChI=1S/C19H21F2N3O/c1-19(2,3)22-18(25)17-15-10-4-5-11(8-10)16(15)23-24(17)14-7-6-12(20)9-13(14)21/h6-7,9-11H,4-5,8H2,1-3H3,(H,22,25). The maximum Gasteiger partial charge on any atom is 0.270 e. The molecule has 1 aromatic heterocycles. The molecule has 0 radical (unpaired) electrons. The van der Waals surface area contributed by atoms with Crippen LogP contribution in [-0.2, 0) is 0 Å². The lowest BCUT2D eigenvalue weighted by atomic mass is 9.95. The molecule has 1 N–H and O–H groups in total. The highest BCUT2D eigenvalue weighted by atomic mass is 19.1. The molecular formula is C19H21F2N3O. The first-order valence-corrected chi connectivity index (χ1v) is 8.65. The molecule has 0 saturated heterocycles. The van der Waals surface area contributed by atoms with Crippen molar-refractivity contribution in [3.63, 3.8) is 0 Å². The van der Waals surface area contributed by atoms with Crippen LogP contribution in [0.1, 0.15) is 73.6 Å². The van der Waals surface area contributed by atoms with Gasteiger partial charge in [-0.05, 0) is 58.1 Å². The van der Waals surface area contributed by atoms with Gasteiger partial charge < -0.3 is 5.32 Å². The second kappa shape index (κ2) is 5.38. The van der Waals surface area contributed by atoms with Gasteiger partial charge in [-0.25, -0.2) is 13.5 Å². The van der Waals surface area contributed by atoms with Gasteiger partial charge in [0.15, 0.2) is 5.82 Å². The van der Waals surface area contributed by atoms with E-state index >= 15 is 0 Å². The molecular weight excluding hydrogens is 324 g/mol. The lowest BCUT2D eigenvalue weighted by Crippen LogP contribution is -2.41. The fourth-order valence-electron chi connectivity index (χ4n) is 4.09. The summed E-state index contributed by atoms with van der Waals surface area (Å²) in [6, 6.07) is 3.34. The Hall–Kier alpha value is -2.24. The first-order chi connectivity index (χ1) is 11.7. The van der Waals surface area contributed by atoms with Crippen LogP contribution in [0.4, 0.5) is 8.78 Å². The summed E-state index contributed by atoms with van der Waals surface area (Å²) < 4.78 is 29.0. The molecule has 0 spiro atoms. The smallest absolute Gasteiger partial charge is 0.270 e. The van der Waals surface area contributed by atoms with E-state index in [2.05, 4.69) is 10.4 Å². The highest BCUT2D eigenvalue weighted by Gasteiger charge is 2.44. The Morgan fingerprint density at radius 3 is 2.64 bits per heavy atom. The van der Waals surface area contributed by atoms with E-state index in [-0.39, 0.29) is 11.6 Å². The number of nitrogens with zero attached hydrogens (tertiary/aromatic N) is 2. The molecule has 1 heterocycles. The molecule has 2 aromatic rings. The van der Waals surface area contributed by atoms with Crippen LogP contribution in [0.3, 0.4) is 0 Å². The Morgan fingerprint density at radius 1 is 1.24 bits per heavy atom. The van der Waals surface area contributed by atoms with Gasteiger partial charge in [0, 0.05) is 23.1 Å². The number of carbonyl (C=O) groups is 1. The zero-order chi connectivity index (χ0) is 17.9. The first kappa shape index (κ1) is 16.2. The van der Waals surface area contributed by atoms with Crippen molar-refractivity contribution in [3.8, 4) is 5.69 Å². The molecule has 4 nitrogen and oxygen atoms in total. The summed E-state index contributed by atoms with van der Waals surface area (Å²) in [5, 5.41) is 7.53. The third-order valence-electron chi connectivity index (χ3n) is 5.02. The van der Waals surface area contributed by atoms with E-state index in [1.807, 2.05) is 20.8 Å². The average molecular weight is 345 g/mol. The lowest BCUT2D eigenvalue weighted by molar-refractivity contribution is 0.0910. The van der Waals surface area contributed by atoms with E-state index in [1.165, 1.54) is 16.8 Å². The summed E-state index contributed by atoms with van der Waals surface area (Å²) in [6.07, 6.45) is 3.10. The van der Waals surface area contributed by atoms with Gasteiger partial charge in [-0.3, -0.25) is 4.79 Å². The van der Waals surface area contributed by atoms with Gasteiger partial charge in [-0.1, -0.05) is 0 Å². The monoisotopic (exact) mass is 345 g/mol. The zero-order valence-electron chi connectivity index (χ0n) is 14.6. The summed E-state index contributed by atoms with van der Waals surface area (Å²) in [6.45, 7) is 5.70. The van der Waals surface area contributed by atoms with Crippen LogP contribution in [0.25, 0.3) is 5.69 Å². The largest absolute Gasteiger partial charge is 0.346 e. The minimum atomic E-state index is -0.724. The molecule has 1 saturated carbocycles. The van der Waals surface area contributed by atoms with Crippen molar-refractivity contribution in [1.29, 1.82) is 0 Å². The second-order valence-corrected chi connectivity index (χ2v) is 8.07. The van der Waals surface area contributed by atoms with Crippen LogP contribution in [0, 0.1) is 11.6 Å². The van der Waals surface area contributed by atoms with E-state index in [0.717, 1.165) is 36.6 Å². The summed E-state index contributed by atoms with van der Waals surface area (Å²) in [5.41, 5.74) is 1.93. The number of hydrogen-bond donors (Lipinski definition) is 1. The number of fused-ring (bicyclic) bond motifs is 5. The van der Waals surface area contributed by atoms with Crippen LogP contribution in [0.15, 0.2) is 18.2 Å². The van der Waals surface area contributed by atoms with Crippen molar-refractivity contribution >= 4 is 5.91 Å². The lowest BCUT2D eigenvalue weighted by Gasteiger charge is -2.22. The van der Waals surface area contributed by atoms with Crippen molar-refractivity contribution in [1.82, 2.24) is 15.1 Å². The molecule has 4 rings (SSSR count). The molecule has 2 bridgehead atoms. The van der Waals surface area contributed by atoms with Crippen molar-refractivity contribution in [3.05, 3.63) is 46.8 Å². The SMILES string of the molecule is CC(C)(C)NC(=O)c1c2c(nn1-c1ccc(F)cc1F)C1CCC2C1. The average Bonchev–Trinajstić information content (AvgIpc) is 3.16. The quantitative estimate of drug-likeness (QED) is 0.893. The Bertz CT molecular complexity index is 866. The summed E-state index contributed by atoms with van der Waals surface area (Å²) in [7, 11) is 0. The molecule has 0 aliphatic heterocycles. The molecule has 132 valence electrons. The van der Waals surface area contributed by atoms with Crippen LogP contribution < -0.4 is 5.32 Å². The Balaban J connectivity index is 1.89. The van der Waals surface area contributed by atoms with Gasteiger partial charge in [0.1, 0.15) is 17.2 Å². The number of rotatable bonds is 2. The first-order valence-electron chi connectivity index (χ1n) is 8.65. The molecule has 2 aliphatic rings. The number of halogens is 2. The van der Waals surface area contributed by atoms with Crippen molar-refractivity contribution < 1.29 is 13.6 Å². The highest BCUT2D eigenvalue weighted by molar-refractivity contribution is 5.96. The predicted octanol–water partition coefficient (Wildman–Crippen LogP) is 4.04. The molecule has 1 aromatic carbocycles. The summed E-state index contributed by atoms with van der Waals surface area (Å²) >= 11 is 0. The van der Waals surface area contributed by atoms with E-state index in [0.29, 0.717) is 17.5 Å². The predicted molar refractivity (Wildman–Crippen MR) is 90.0 cm³/mol. The van der Waals surface area contributed by atoms with Gasteiger partial charge in [0.25, 0.3) is 5.91 Å². The molecule has 25 heavy (non-hydrogen) atoms. The van der Waals surface area contributed by atoms with E-state index < -0.39 is 17.2 Å². The molecule has 6 heteroatoms. The normalized spacial score (nSPS) is 21.5. The van der Waals surface area contributed by atoms with Crippen molar-refractivity contribution in [2.75, 3.05) is 0 Å². The number of benzene rings is 1. The van der Waals surface area contributed by atoms with Gasteiger partial charge in [0.05, 0.1) is 5.69 Å². The van der Waals surface area contributed by atoms with Crippen LogP contribution in [0.5, 0.6) is 0 Å². The number of nitrogens with one attached hydrogen (secondary N) is 1. The second-order valence-electron chi connectivity index (χ2n) is 8.07. The Morgan fingerprint density at radius 2 is 1.96 bits per heavy atom. The number of aromatic nitrogens is 2. The summed E-state index contributed by atoms with van der Waals surface area (Å²) in [4.78, 5) is 13.0. The molecule has 2 atom stereocenters. The van der Waals surface area contributed by atoms with Gasteiger partial charge in [-0.15, -0.1) is 0 Å². The van der Waals surface area contributed by atoms with Gasteiger partial charge in [0.2, 0.25) is 0 Å². The van der Waals surface area contributed by atoms with Crippen LogP contribution in [-0.4, -0.2) is 21.2 Å². The van der Waals surface area contributed by atoms with Crippen molar-refractivity contribution in [2.45, 2.75) is 57.4 Å². The maximum absolute atomic E-state index is 14.4. The minimum absolute atomic E-state index is 0.106. The Kier molecular flexibility index (Phi) is 3.49. The maximum atomic E-state index is 14.4. The van der Waals surface area contributed by atoms with E-state index in [4.69, 9.17) is 0 Å². The molecule has 1 fully saturated rings. The Labute approximate surface area is 145 Å². The topological polar surface area (TPSA) is 46.9 Å². The molecule has 1 amide bonds. The van der Waals surface area contributed by atoms with Crippen molar-refractivity contribution in [2.24, 2.45) is 0 Å². The minimum Gasteiger partial charge on any atom is -0.346 e. The van der Waals surface area contributed by atoms with E-state index in [1.54, 1.807) is 0 Å². The third-order valence-corrected chi connectivity index (χ3v) is 5.02. The van der Waals surface area contributed by atoms with Crippen LogP contribution >= 0.6 is 0 Å². The van der Waals surface area contributed by atoms with Gasteiger partial charge in [-0.2, -0.15) is 5.10 Å². The molecule has 2 unspecified atom stereocenters.